The number of hydrogen-bond acceptors (Lipinski definition) is 6. The molecule has 0 bridgehead atoms. The van der Waals surface area contributed by atoms with Crippen molar-refractivity contribution in [2.45, 2.75) is 25.5 Å². The van der Waals surface area contributed by atoms with Crippen LogP contribution in [0.3, 0.4) is 0 Å². The van der Waals surface area contributed by atoms with E-state index < -0.39 is 24.0 Å². The van der Waals surface area contributed by atoms with Crippen LogP contribution >= 0.6 is 0 Å². The van der Waals surface area contributed by atoms with Gasteiger partial charge in [0.25, 0.3) is 5.91 Å². The summed E-state index contributed by atoms with van der Waals surface area (Å²) in [6.45, 7) is 2.62. The third-order valence-corrected chi connectivity index (χ3v) is 6.08. The molecular formula is C27H23N3O4. The van der Waals surface area contributed by atoms with Gasteiger partial charge in [-0.15, -0.1) is 0 Å². The number of hydrogen-bond donors (Lipinski definition) is 0. The van der Waals surface area contributed by atoms with E-state index in [0.717, 1.165) is 17.7 Å². The molecule has 0 N–H and O–H groups in total. The van der Waals surface area contributed by atoms with Crippen molar-refractivity contribution in [3.05, 3.63) is 90.0 Å². The molecule has 5 rings (SSSR count). The Morgan fingerprint density at radius 2 is 1.62 bits per heavy atom. The van der Waals surface area contributed by atoms with Crippen molar-refractivity contribution in [3.8, 4) is 11.8 Å². The van der Waals surface area contributed by atoms with Crippen molar-refractivity contribution in [3.63, 3.8) is 0 Å². The Hall–Kier alpha value is -4.15. The number of amides is 2. The van der Waals surface area contributed by atoms with E-state index in [2.05, 4.69) is 6.07 Å². The number of nitriles is 1. The molecule has 0 aromatic heterocycles. The lowest BCUT2D eigenvalue weighted by atomic mass is 9.90. The van der Waals surface area contributed by atoms with Crippen LogP contribution in [-0.2, 0) is 14.4 Å². The van der Waals surface area contributed by atoms with Gasteiger partial charge in [-0.2, -0.15) is 5.26 Å². The van der Waals surface area contributed by atoms with Crippen LogP contribution in [0, 0.1) is 17.2 Å². The zero-order valence-corrected chi connectivity index (χ0v) is 18.6. The van der Waals surface area contributed by atoms with E-state index in [1.807, 2.05) is 49.4 Å². The molecule has 0 aliphatic carbocycles. The monoisotopic (exact) mass is 453 g/mol. The summed E-state index contributed by atoms with van der Waals surface area (Å²) in [5.74, 6) is -0.747. The van der Waals surface area contributed by atoms with Crippen molar-refractivity contribution in [2.75, 3.05) is 16.6 Å². The van der Waals surface area contributed by atoms with Crippen molar-refractivity contribution < 1.29 is 19.2 Å². The molecule has 7 heteroatoms. The maximum Gasteiger partial charge on any atom is 0.266 e. The highest BCUT2D eigenvalue weighted by molar-refractivity contribution is 6.23. The highest BCUT2D eigenvalue weighted by Crippen LogP contribution is 2.47. The van der Waals surface area contributed by atoms with Crippen LogP contribution in [0.25, 0.3) is 0 Å². The lowest BCUT2D eigenvalue weighted by Gasteiger charge is -2.28. The zero-order chi connectivity index (χ0) is 23.7. The fraction of sp³-hybridized carbons (Fsp3) is 0.222. The van der Waals surface area contributed by atoms with E-state index in [1.165, 1.54) is 4.90 Å². The first-order chi connectivity index (χ1) is 16.6. The Kier molecular flexibility index (Phi) is 5.74. The minimum Gasteiger partial charge on any atom is -0.494 e. The molecule has 0 unspecified atom stereocenters. The van der Waals surface area contributed by atoms with Crippen molar-refractivity contribution in [1.29, 1.82) is 5.26 Å². The number of para-hydroxylation sites is 1. The predicted octanol–water partition coefficient (Wildman–Crippen LogP) is 4.40. The fourth-order valence-corrected chi connectivity index (χ4v) is 4.47. The number of carbonyl (C=O) groups excluding carboxylic acids is 2. The van der Waals surface area contributed by atoms with Crippen LogP contribution in [0.4, 0.5) is 11.4 Å². The van der Waals surface area contributed by atoms with Crippen LogP contribution in [0.2, 0.25) is 0 Å². The number of anilines is 2. The minimum atomic E-state index is -0.940. The van der Waals surface area contributed by atoms with E-state index >= 15 is 0 Å². The van der Waals surface area contributed by atoms with Gasteiger partial charge >= 0.3 is 0 Å². The third kappa shape index (κ3) is 3.68. The number of hydroxylamine groups is 1. The van der Waals surface area contributed by atoms with Crippen LogP contribution in [0.5, 0.6) is 5.75 Å². The average Bonchev–Trinajstić information content (AvgIpc) is 3.39. The third-order valence-electron chi connectivity index (χ3n) is 6.08. The van der Waals surface area contributed by atoms with Gasteiger partial charge in [0.05, 0.1) is 35.7 Å². The lowest BCUT2D eigenvalue weighted by Crippen LogP contribution is -2.37. The molecule has 2 fully saturated rings. The number of rotatable bonds is 6. The molecule has 0 spiro atoms. The van der Waals surface area contributed by atoms with Gasteiger partial charge in [0, 0.05) is 0 Å². The van der Waals surface area contributed by atoms with Crippen LogP contribution in [0.1, 0.15) is 30.5 Å². The highest BCUT2D eigenvalue weighted by Gasteiger charge is 2.60. The Bertz CT molecular complexity index is 1240. The Balaban J connectivity index is 1.50. The number of nitrogens with zero attached hydrogens (tertiary/aromatic N) is 3. The molecule has 3 aromatic carbocycles. The number of fused-ring (bicyclic) bond motifs is 1. The van der Waals surface area contributed by atoms with E-state index in [4.69, 9.17) is 9.57 Å². The second kappa shape index (κ2) is 9.00. The van der Waals surface area contributed by atoms with E-state index in [-0.39, 0.29) is 5.91 Å². The lowest BCUT2D eigenvalue weighted by molar-refractivity contribution is -0.126. The largest absolute Gasteiger partial charge is 0.494 e. The summed E-state index contributed by atoms with van der Waals surface area (Å²) in [7, 11) is 0. The van der Waals surface area contributed by atoms with E-state index in [0.29, 0.717) is 23.6 Å². The van der Waals surface area contributed by atoms with Gasteiger partial charge in [-0.05, 0) is 60.5 Å². The summed E-state index contributed by atoms with van der Waals surface area (Å²) < 4.78 is 5.62. The van der Waals surface area contributed by atoms with E-state index in [9.17, 15) is 14.9 Å². The fourth-order valence-electron chi connectivity index (χ4n) is 4.47. The Labute approximate surface area is 197 Å². The highest BCUT2D eigenvalue weighted by atomic mass is 16.7. The topological polar surface area (TPSA) is 82.9 Å². The maximum absolute atomic E-state index is 13.7. The van der Waals surface area contributed by atoms with Crippen LogP contribution in [-0.4, -0.2) is 24.5 Å². The Morgan fingerprint density at radius 3 is 2.26 bits per heavy atom. The minimum absolute atomic E-state index is 0.315. The first-order valence-corrected chi connectivity index (χ1v) is 11.2. The van der Waals surface area contributed by atoms with Gasteiger partial charge in [-0.3, -0.25) is 14.4 Å². The van der Waals surface area contributed by atoms with Crippen LogP contribution < -0.4 is 14.7 Å². The number of carbonyl (C=O) groups is 2. The molecule has 3 atom stereocenters. The smallest absolute Gasteiger partial charge is 0.266 e. The molecule has 7 nitrogen and oxygen atoms in total. The molecule has 2 aliphatic heterocycles. The first-order valence-electron chi connectivity index (χ1n) is 11.2. The summed E-state index contributed by atoms with van der Waals surface area (Å²) >= 11 is 0. The van der Waals surface area contributed by atoms with Gasteiger partial charge in [0.1, 0.15) is 11.7 Å². The molecule has 170 valence electrons. The van der Waals surface area contributed by atoms with Gasteiger partial charge in [-0.1, -0.05) is 37.3 Å². The van der Waals surface area contributed by atoms with Crippen molar-refractivity contribution >= 4 is 23.2 Å². The summed E-state index contributed by atoms with van der Waals surface area (Å²) in [4.78, 5) is 34.4. The zero-order valence-electron chi connectivity index (χ0n) is 18.6. The molecule has 0 radical (unpaired) electrons. The number of ether oxygens (including phenoxy) is 1. The maximum atomic E-state index is 13.7. The van der Waals surface area contributed by atoms with E-state index in [1.54, 1.807) is 41.5 Å². The number of imide groups is 1. The average molecular weight is 453 g/mol. The second-order valence-electron chi connectivity index (χ2n) is 8.25. The van der Waals surface area contributed by atoms with Gasteiger partial charge < -0.3 is 4.74 Å². The summed E-state index contributed by atoms with van der Waals surface area (Å²) in [6, 6.07) is 25.0. The first kappa shape index (κ1) is 21.7. The molecular weight excluding hydrogens is 430 g/mol. The van der Waals surface area contributed by atoms with Gasteiger partial charge in [0.2, 0.25) is 5.91 Å². The van der Waals surface area contributed by atoms with Gasteiger partial charge in [0.15, 0.2) is 6.10 Å². The molecule has 2 aliphatic rings. The second-order valence-corrected chi connectivity index (χ2v) is 8.25. The van der Waals surface area contributed by atoms with Crippen molar-refractivity contribution in [1.82, 2.24) is 0 Å². The Morgan fingerprint density at radius 1 is 0.912 bits per heavy atom. The molecule has 2 heterocycles. The summed E-state index contributed by atoms with van der Waals surface area (Å²) in [5, 5.41) is 10.8. The molecule has 2 amide bonds. The summed E-state index contributed by atoms with van der Waals surface area (Å²) in [5.41, 5.74) is 2.55. The van der Waals surface area contributed by atoms with Gasteiger partial charge in [-0.25, -0.2) is 9.96 Å². The molecule has 3 aromatic rings. The van der Waals surface area contributed by atoms with Crippen molar-refractivity contribution in [2.24, 2.45) is 5.92 Å². The predicted molar refractivity (Wildman–Crippen MR) is 126 cm³/mol. The normalized spacial score (nSPS) is 21.5. The SMILES string of the molecule is CCCOc1ccc(N2C(=O)[C@@H]3[C@@H](c4ccc(C#N)cc4)N(c4ccccc4)O[C@H]3C2=O)cc1. The molecule has 34 heavy (non-hydrogen) atoms. The number of benzene rings is 3. The van der Waals surface area contributed by atoms with Crippen LogP contribution in [0.15, 0.2) is 78.9 Å². The molecule has 0 saturated carbocycles. The molecule has 2 saturated heterocycles. The summed E-state index contributed by atoms with van der Waals surface area (Å²) in [6.07, 6.45) is -0.0513. The standard InChI is InChI=1S/C27H23N3O4/c1-2-16-33-22-14-12-20(13-15-22)29-26(31)23-24(19-10-8-18(17-28)9-11-19)30(34-25(23)27(29)32)21-6-4-3-5-7-21/h3-15,23-25H,2,16H2,1H3/t23-,24-,25-/m1/s1. The quantitative estimate of drug-likeness (QED) is 0.515.